The van der Waals surface area contributed by atoms with Crippen LogP contribution >= 0.6 is 11.6 Å². The number of para-hydroxylation sites is 1. The minimum absolute atomic E-state index is 0.0984. The minimum Gasteiger partial charge on any atom is -0.415 e. The van der Waals surface area contributed by atoms with Gasteiger partial charge in [-0.1, -0.05) is 48.0 Å². The summed E-state index contributed by atoms with van der Waals surface area (Å²) in [6.45, 7) is 0. The van der Waals surface area contributed by atoms with Gasteiger partial charge >= 0.3 is 11.7 Å². The molecule has 2 amide bonds. The molecule has 0 bridgehead atoms. The van der Waals surface area contributed by atoms with E-state index in [0.29, 0.717) is 16.3 Å². The van der Waals surface area contributed by atoms with E-state index in [1.807, 2.05) is 6.07 Å². The molecule has 0 heterocycles. The predicted octanol–water partition coefficient (Wildman–Crippen LogP) is 5.88. The molecule has 204 valence electrons. The number of esters is 1. The van der Waals surface area contributed by atoms with E-state index in [1.54, 1.807) is 60.7 Å². The molecule has 0 unspecified atom stereocenters. The highest BCUT2D eigenvalue weighted by Crippen LogP contribution is 2.30. The Morgan fingerprint density at radius 1 is 0.829 bits per heavy atom. The Morgan fingerprint density at radius 2 is 1.49 bits per heavy atom. The first-order valence-corrected chi connectivity index (χ1v) is 12.4. The van der Waals surface area contributed by atoms with Crippen molar-refractivity contribution < 1.29 is 24.0 Å². The van der Waals surface area contributed by atoms with Gasteiger partial charge < -0.3 is 10.1 Å². The number of halogens is 1. The molecule has 0 radical (unpaired) electrons. The van der Waals surface area contributed by atoms with Gasteiger partial charge in [0.05, 0.1) is 11.1 Å². The first kappa shape index (κ1) is 28.4. The summed E-state index contributed by atoms with van der Waals surface area (Å²) in [5.41, 5.74) is 3.84. The minimum atomic E-state index is -0.829. The van der Waals surface area contributed by atoms with Crippen LogP contribution in [0.25, 0.3) is 6.08 Å². The van der Waals surface area contributed by atoms with E-state index in [4.69, 9.17) is 16.3 Å². The van der Waals surface area contributed by atoms with Crippen molar-refractivity contribution in [3.63, 3.8) is 0 Å². The number of anilines is 1. The molecule has 0 aromatic heterocycles. The highest BCUT2D eigenvalue weighted by molar-refractivity contribution is 6.30. The average Bonchev–Trinajstić information content (AvgIpc) is 2.98. The topological polar surface area (TPSA) is 140 Å². The lowest BCUT2D eigenvalue weighted by Crippen LogP contribution is -2.18. The fourth-order valence-corrected chi connectivity index (χ4v) is 3.62. The molecule has 0 saturated carbocycles. The Balaban J connectivity index is 1.41. The molecule has 0 fully saturated rings. The van der Waals surface area contributed by atoms with Gasteiger partial charge in [0.25, 0.3) is 11.8 Å². The van der Waals surface area contributed by atoms with Crippen LogP contribution in [0.15, 0.2) is 108 Å². The number of ether oxygens (including phenoxy) is 1. The van der Waals surface area contributed by atoms with E-state index in [9.17, 15) is 24.5 Å². The summed E-state index contributed by atoms with van der Waals surface area (Å²) in [5.74, 6) is -2.07. The Hall–Kier alpha value is -5.61. The zero-order valence-electron chi connectivity index (χ0n) is 21.2. The van der Waals surface area contributed by atoms with Crippen LogP contribution in [-0.4, -0.2) is 28.9 Å². The van der Waals surface area contributed by atoms with Gasteiger partial charge in [0.2, 0.25) is 5.75 Å². The van der Waals surface area contributed by atoms with Crippen molar-refractivity contribution >= 4 is 53.0 Å². The van der Waals surface area contributed by atoms with Gasteiger partial charge in [-0.3, -0.25) is 19.7 Å². The van der Waals surface area contributed by atoms with Crippen molar-refractivity contribution in [1.82, 2.24) is 5.43 Å². The third kappa shape index (κ3) is 7.94. The number of nitrogens with zero attached hydrogens (tertiary/aromatic N) is 2. The maximum atomic E-state index is 12.6. The lowest BCUT2D eigenvalue weighted by Gasteiger charge is -2.07. The number of carbonyl (C=O) groups excluding carboxylic acids is 3. The van der Waals surface area contributed by atoms with Crippen molar-refractivity contribution in [2.45, 2.75) is 0 Å². The lowest BCUT2D eigenvalue weighted by molar-refractivity contribution is -0.385. The van der Waals surface area contributed by atoms with Gasteiger partial charge in [-0.05, 0) is 66.2 Å². The molecule has 11 heteroatoms. The molecular weight excluding hydrogens is 548 g/mol. The summed E-state index contributed by atoms with van der Waals surface area (Å²) in [7, 11) is 0. The molecule has 4 aromatic rings. The van der Waals surface area contributed by atoms with Gasteiger partial charge in [0.15, 0.2) is 0 Å². The quantitative estimate of drug-likeness (QED) is 0.0645. The number of nitro groups is 1. The second kappa shape index (κ2) is 13.5. The number of nitrogens with one attached hydrogen (secondary N) is 2. The van der Waals surface area contributed by atoms with E-state index in [0.717, 1.165) is 17.9 Å². The van der Waals surface area contributed by atoms with Gasteiger partial charge in [-0.25, -0.2) is 10.2 Å². The molecule has 10 nitrogen and oxygen atoms in total. The molecule has 4 aromatic carbocycles. The molecule has 0 saturated heterocycles. The average molecular weight is 569 g/mol. The summed E-state index contributed by atoms with van der Waals surface area (Å²) in [5, 5.41) is 18.6. The van der Waals surface area contributed by atoms with E-state index in [1.165, 1.54) is 36.4 Å². The number of benzene rings is 4. The first-order valence-electron chi connectivity index (χ1n) is 12.0. The number of hydrazone groups is 1. The molecule has 4 rings (SSSR count). The Labute approximate surface area is 239 Å². The maximum Gasteiger partial charge on any atom is 0.336 e. The van der Waals surface area contributed by atoms with E-state index >= 15 is 0 Å². The largest absolute Gasteiger partial charge is 0.415 e. The third-order valence-electron chi connectivity index (χ3n) is 5.52. The van der Waals surface area contributed by atoms with Crippen molar-refractivity contribution in [2.24, 2.45) is 5.10 Å². The third-order valence-corrected chi connectivity index (χ3v) is 5.77. The Kier molecular flexibility index (Phi) is 9.32. The summed E-state index contributed by atoms with van der Waals surface area (Å²) < 4.78 is 5.27. The van der Waals surface area contributed by atoms with Crippen LogP contribution in [0.3, 0.4) is 0 Å². The standard InChI is InChI=1S/C30H21ClN4O6/c31-24-14-10-21(11-15-24)29(37)33-25-16-12-22(13-17-25)30(38)34-32-19-23-7-4-8-26(35(39)40)28(23)41-27(36)18-9-20-5-2-1-3-6-20/h1-19H,(H,33,37)(H,34,38)/b18-9+,32-19+. The number of hydrogen-bond acceptors (Lipinski definition) is 7. The van der Waals surface area contributed by atoms with E-state index in [-0.39, 0.29) is 22.8 Å². The van der Waals surface area contributed by atoms with Gasteiger partial charge in [0, 0.05) is 39.5 Å². The molecule has 0 spiro atoms. The number of carbonyl (C=O) groups is 3. The second-order valence-corrected chi connectivity index (χ2v) is 8.79. The Bertz CT molecular complexity index is 1640. The second-order valence-electron chi connectivity index (χ2n) is 8.36. The smallest absolute Gasteiger partial charge is 0.336 e. The zero-order valence-corrected chi connectivity index (χ0v) is 21.9. The van der Waals surface area contributed by atoms with Crippen LogP contribution in [0.5, 0.6) is 5.75 Å². The van der Waals surface area contributed by atoms with Crippen molar-refractivity contribution in [2.75, 3.05) is 5.32 Å². The molecular formula is C30H21ClN4O6. The maximum absolute atomic E-state index is 12.6. The van der Waals surface area contributed by atoms with Crippen LogP contribution in [0.4, 0.5) is 11.4 Å². The zero-order chi connectivity index (χ0) is 29.2. The highest BCUT2D eigenvalue weighted by atomic mass is 35.5. The first-order chi connectivity index (χ1) is 19.8. The van der Waals surface area contributed by atoms with Crippen LogP contribution < -0.4 is 15.5 Å². The van der Waals surface area contributed by atoms with Gasteiger partial charge in [-0.2, -0.15) is 5.10 Å². The van der Waals surface area contributed by atoms with Gasteiger partial charge in [-0.15, -0.1) is 0 Å². The molecule has 0 aliphatic carbocycles. The summed E-state index contributed by atoms with van der Waals surface area (Å²) in [6, 6.07) is 25.5. The van der Waals surface area contributed by atoms with E-state index < -0.39 is 22.5 Å². The molecule has 41 heavy (non-hydrogen) atoms. The SMILES string of the molecule is O=C(/C=C/c1ccccc1)Oc1c(/C=N/NC(=O)c2ccc(NC(=O)c3ccc(Cl)cc3)cc2)cccc1[N+](=O)[O-]. The van der Waals surface area contributed by atoms with Crippen molar-refractivity contribution in [3.8, 4) is 5.75 Å². The number of amides is 2. The molecule has 2 N–H and O–H groups in total. The molecule has 0 atom stereocenters. The summed E-state index contributed by atoms with van der Waals surface area (Å²) >= 11 is 5.84. The molecule has 0 aliphatic rings. The van der Waals surface area contributed by atoms with E-state index in [2.05, 4.69) is 15.8 Å². The monoisotopic (exact) mass is 568 g/mol. The van der Waals surface area contributed by atoms with Crippen LogP contribution in [0.2, 0.25) is 5.02 Å². The predicted molar refractivity (Wildman–Crippen MR) is 155 cm³/mol. The van der Waals surface area contributed by atoms with Crippen LogP contribution in [-0.2, 0) is 4.79 Å². The normalized spacial score (nSPS) is 10.9. The highest BCUT2D eigenvalue weighted by Gasteiger charge is 2.20. The summed E-state index contributed by atoms with van der Waals surface area (Å²) in [4.78, 5) is 48.1. The van der Waals surface area contributed by atoms with Crippen molar-refractivity contribution in [3.05, 3.63) is 141 Å². The number of nitro benzene ring substituents is 1. The van der Waals surface area contributed by atoms with Crippen LogP contribution in [0.1, 0.15) is 31.8 Å². The number of hydrogen-bond donors (Lipinski definition) is 2. The van der Waals surface area contributed by atoms with Crippen molar-refractivity contribution in [1.29, 1.82) is 0 Å². The molecule has 0 aliphatic heterocycles. The lowest BCUT2D eigenvalue weighted by atomic mass is 10.1. The Morgan fingerprint density at radius 3 is 2.17 bits per heavy atom. The summed E-state index contributed by atoms with van der Waals surface area (Å²) in [6.07, 6.45) is 3.80. The fraction of sp³-hybridized carbons (Fsp3) is 0. The van der Waals surface area contributed by atoms with Crippen LogP contribution in [0, 0.1) is 10.1 Å². The fourth-order valence-electron chi connectivity index (χ4n) is 3.50. The van der Waals surface area contributed by atoms with Gasteiger partial charge in [0.1, 0.15) is 0 Å². The number of rotatable bonds is 9.